The lowest BCUT2D eigenvalue weighted by Gasteiger charge is -2.29. The molecular weight excluding hydrogens is 234 g/mol. The summed E-state index contributed by atoms with van der Waals surface area (Å²) in [6.07, 6.45) is 0.360. The van der Waals surface area contributed by atoms with Crippen LogP contribution in [-0.4, -0.2) is 75.3 Å². The van der Waals surface area contributed by atoms with Gasteiger partial charge in [0.05, 0.1) is 50.6 Å². The molecule has 0 heterocycles. The molecule has 0 fully saturated rings. The summed E-state index contributed by atoms with van der Waals surface area (Å²) in [6, 6.07) is 0. The highest BCUT2D eigenvalue weighted by Gasteiger charge is 2.14. The third-order valence-corrected chi connectivity index (χ3v) is 3.02. The first-order chi connectivity index (χ1) is 7.27. The standard InChI is InChI=1S/C9H21NO5S/c1-10(2,5-7-15-8-6-11)4-3-9-16(12,13)14/h11H,3-9H2,1-2H3. The summed E-state index contributed by atoms with van der Waals surface area (Å²) in [5, 5.41) is 8.50. The van der Waals surface area contributed by atoms with Gasteiger partial charge in [-0.05, 0) is 0 Å². The van der Waals surface area contributed by atoms with Gasteiger partial charge in [-0.15, -0.1) is 0 Å². The van der Waals surface area contributed by atoms with Gasteiger partial charge in [0.2, 0.25) is 0 Å². The summed E-state index contributed by atoms with van der Waals surface area (Å²) >= 11 is 0. The Bertz CT molecular complexity index is 276. The Balaban J connectivity index is 3.70. The quantitative estimate of drug-likeness (QED) is 0.325. The largest absolute Gasteiger partial charge is 0.748 e. The van der Waals surface area contributed by atoms with Crippen molar-refractivity contribution in [3.05, 3.63) is 0 Å². The second-order valence-electron chi connectivity index (χ2n) is 4.33. The molecule has 0 aromatic heterocycles. The molecular formula is C9H21NO5S. The number of likely N-dealkylation sites (N-methyl/N-ethyl adjacent to an activating group) is 1. The van der Waals surface area contributed by atoms with Crippen LogP contribution in [0, 0.1) is 0 Å². The molecule has 0 atom stereocenters. The maximum Gasteiger partial charge on any atom is 0.102 e. The number of hydrogen-bond donors (Lipinski definition) is 1. The Morgan fingerprint density at radius 1 is 1.25 bits per heavy atom. The van der Waals surface area contributed by atoms with Crippen LogP contribution in [-0.2, 0) is 14.9 Å². The predicted octanol–water partition coefficient (Wildman–Crippen LogP) is -0.993. The van der Waals surface area contributed by atoms with Crippen LogP contribution < -0.4 is 0 Å². The number of aliphatic hydroxyl groups is 1. The fraction of sp³-hybridized carbons (Fsp3) is 1.00. The topological polar surface area (TPSA) is 86.7 Å². The Hall–Kier alpha value is -0.210. The van der Waals surface area contributed by atoms with Gasteiger partial charge < -0.3 is 18.9 Å². The molecule has 1 N–H and O–H groups in total. The molecule has 0 radical (unpaired) electrons. The zero-order valence-electron chi connectivity index (χ0n) is 9.89. The van der Waals surface area contributed by atoms with E-state index in [1.54, 1.807) is 0 Å². The van der Waals surface area contributed by atoms with Crippen molar-refractivity contribution in [3.63, 3.8) is 0 Å². The van der Waals surface area contributed by atoms with Crippen molar-refractivity contribution in [2.24, 2.45) is 0 Å². The first-order valence-corrected chi connectivity index (χ1v) is 6.79. The van der Waals surface area contributed by atoms with Gasteiger partial charge in [0.15, 0.2) is 0 Å². The van der Waals surface area contributed by atoms with Crippen LogP contribution in [0.15, 0.2) is 0 Å². The molecule has 0 aliphatic rings. The van der Waals surface area contributed by atoms with Crippen molar-refractivity contribution in [1.29, 1.82) is 0 Å². The van der Waals surface area contributed by atoms with Crippen molar-refractivity contribution in [2.75, 3.05) is 52.8 Å². The van der Waals surface area contributed by atoms with E-state index < -0.39 is 10.1 Å². The molecule has 0 saturated carbocycles. The summed E-state index contributed by atoms with van der Waals surface area (Å²) < 4.78 is 36.9. The number of hydrogen-bond acceptors (Lipinski definition) is 5. The van der Waals surface area contributed by atoms with Crippen molar-refractivity contribution in [2.45, 2.75) is 6.42 Å². The van der Waals surface area contributed by atoms with Gasteiger partial charge in [-0.3, -0.25) is 0 Å². The first-order valence-electron chi connectivity index (χ1n) is 5.21. The third kappa shape index (κ3) is 10.3. The van der Waals surface area contributed by atoms with Crippen molar-refractivity contribution < 1.29 is 27.3 Å². The smallest absolute Gasteiger partial charge is 0.102 e. The molecule has 0 saturated heterocycles. The maximum absolute atomic E-state index is 10.4. The predicted molar refractivity (Wildman–Crippen MR) is 58.9 cm³/mol. The zero-order chi connectivity index (χ0) is 12.7. The van der Waals surface area contributed by atoms with Crippen molar-refractivity contribution in [3.8, 4) is 0 Å². The van der Waals surface area contributed by atoms with E-state index in [-0.39, 0.29) is 12.4 Å². The van der Waals surface area contributed by atoms with E-state index in [0.717, 1.165) is 6.54 Å². The van der Waals surface area contributed by atoms with E-state index in [0.29, 0.717) is 30.7 Å². The van der Waals surface area contributed by atoms with E-state index in [2.05, 4.69) is 0 Å². The third-order valence-electron chi connectivity index (χ3n) is 2.23. The Morgan fingerprint density at radius 2 is 1.88 bits per heavy atom. The zero-order valence-corrected chi connectivity index (χ0v) is 10.7. The molecule has 7 heteroatoms. The highest BCUT2D eigenvalue weighted by Crippen LogP contribution is 2.00. The van der Waals surface area contributed by atoms with Crippen LogP contribution in [0.2, 0.25) is 0 Å². The van der Waals surface area contributed by atoms with Crippen molar-refractivity contribution >= 4 is 10.1 Å². The second kappa shape index (κ2) is 7.18. The van der Waals surface area contributed by atoms with Crippen LogP contribution in [0.1, 0.15) is 6.42 Å². The molecule has 0 spiro atoms. The number of nitrogens with zero attached hydrogens (tertiary/aromatic N) is 1. The molecule has 0 aromatic carbocycles. The lowest BCUT2D eigenvalue weighted by atomic mass is 10.4. The molecule has 98 valence electrons. The van der Waals surface area contributed by atoms with Gasteiger partial charge in [0, 0.05) is 12.2 Å². The number of rotatable bonds is 9. The molecule has 0 bridgehead atoms. The molecule has 0 aliphatic heterocycles. The lowest BCUT2D eigenvalue weighted by molar-refractivity contribution is -0.890. The van der Waals surface area contributed by atoms with Crippen LogP contribution in [0.4, 0.5) is 0 Å². The van der Waals surface area contributed by atoms with Crippen LogP contribution in [0.3, 0.4) is 0 Å². The monoisotopic (exact) mass is 255 g/mol. The summed E-state index contributed by atoms with van der Waals surface area (Å²) in [5.74, 6) is -0.313. The Morgan fingerprint density at radius 3 is 2.38 bits per heavy atom. The number of ether oxygens (including phenoxy) is 1. The van der Waals surface area contributed by atoms with E-state index >= 15 is 0 Å². The normalized spacial score (nSPS) is 13.0. The molecule has 0 rings (SSSR count). The fourth-order valence-electron chi connectivity index (χ4n) is 1.26. The van der Waals surface area contributed by atoms with Crippen LogP contribution in [0.25, 0.3) is 0 Å². The lowest BCUT2D eigenvalue weighted by Crippen LogP contribution is -2.43. The van der Waals surface area contributed by atoms with E-state index in [1.165, 1.54) is 0 Å². The van der Waals surface area contributed by atoms with Gasteiger partial charge in [0.25, 0.3) is 0 Å². The Labute approximate surface area is 97.2 Å². The minimum absolute atomic E-state index is 0.00184. The number of quaternary nitrogens is 1. The van der Waals surface area contributed by atoms with Gasteiger partial charge in [0.1, 0.15) is 6.54 Å². The average molecular weight is 255 g/mol. The average Bonchev–Trinajstić information content (AvgIpc) is 2.10. The molecule has 0 unspecified atom stereocenters. The van der Waals surface area contributed by atoms with Gasteiger partial charge in [-0.25, -0.2) is 8.42 Å². The molecule has 0 aromatic rings. The van der Waals surface area contributed by atoms with Crippen LogP contribution >= 0.6 is 0 Å². The summed E-state index contributed by atoms with van der Waals surface area (Å²) in [4.78, 5) is 0. The van der Waals surface area contributed by atoms with E-state index in [4.69, 9.17) is 9.84 Å². The fourth-order valence-corrected chi connectivity index (χ4v) is 1.74. The van der Waals surface area contributed by atoms with Gasteiger partial charge in [-0.1, -0.05) is 0 Å². The first kappa shape index (κ1) is 15.8. The second-order valence-corrected chi connectivity index (χ2v) is 5.86. The minimum atomic E-state index is -4.10. The Kier molecular flexibility index (Phi) is 7.09. The van der Waals surface area contributed by atoms with E-state index in [9.17, 15) is 13.0 Å². The summed E-state index contributed by atoms with van der Waals surface area (Å²) in [7, 11) is -0.212. The summed E-state index contributed by atoms with van der Waals surface area (Å²) in [5.41, 5.74) is 0. The molecule has 0 aliphatic carbocycles. The SMILES string of the molecule is C[N+](C)(CCCS(=O)(=O)[O-])CCOCCO. The highest BCUT2D eigenvalue weighted by molar-refractivity contribution is 7.85. The van der Waals surface area contributed by atoms with Gasteiger partial charge in [-0.2, -0.15) is 0 Å². The molecule has 0 amide bonds. The van der Waals surface area contributed by atoms with Crippen LogP contribution in [0.5, 0.6) is 0 Å². The molecule has 16 heavy (non-hydrogen) atoms. The highest BCUT2D eigenvalue weighted by atomic mass is 32.2. The van der Waals surface area contributed by atoms with Crippen molar-refractivity contribution in [1.82, 2.24) is 0 Å². The maximum atomic E-state index is 10.4. The molecule has 6 nitrogen and oxygen atoms in total. The summed E-state index contributed by atoms with van der Waals surface area (Å²) in [6.45, 7) is 2.16. The van der Waals surface area contributed by atoms with E-state index in [1.807, 2.05) is 14.1 Å². The van der Waals surface area contributed by atoms with Gasteiger partial charge >= 0.3 is 0 Å². The number of aliphatic hydroxyl groups excluding tert-OH is 1. The minimum Gasteiger partial charge on any atom is -0.748 e.